The summed E-state index contributed by atoms with van der Waals surface area (Å²) in [4.78, 5) is 0.971. The largest absolute Gasteiger partial charge is 0.271 e. The van der Waals surface area contributed by atoms with Crippen LogP contribution in [-0.4, -0.2) is 9.59 Å². The van der Waals surface area contributed by atoms with Crippen molar-refractivity contribution in [3.8, 4) is 0 Å². The van der Waals surface area contributed by atoms with Crippen molar-refractivity contribution in [2.75, 3.05) is 0 Å². The van der Waals surface area contributed by atoms with Gasteiger partial charge < -0.3 is 0 Å². The number of hydrogen-bond donors (Lipinski definition) is 2. The van der Waals surface area contributed by atoms with E-state index in [0.29, 0.717) is 16.5 Å². The second kappa shape index (κ2) is 5.75. The first-order valence-electron chi connectivity index (χ1n) is 4.88. The minimum Gasteiger partial charge on any atom is -0.271 e. The van der Waals surface area contributed by atoms with Crippen LogP contribution in [0.15, 0.2) is 24.4 Å². The Morgan fingerprint density at radius 1 is 1.41 bits per heavy atom. The van der Waals surface area contributed by atoms with Gasteiger partial charge in [0.2, 0.25) is 0 Å². The Balaban J connectivity index is 2.19. The normalized spacial score (nSPS) is 12.6. The zero-order chi connectivity index (χ0) is 12.3. The topological polar surface area (TPSA) is 63.8 Å². The fraction of sp³-hybridized carbons (Fsp3) is 0.200. The minimum atomic E-state index is -0.0475. The van der Waals surface area contributed by atoms with E-state index in [1.165, 1.54) is 11.5 Å². The molecule has 90 valence electrons. The Bertz CT molecular complexity index is 489. The molecule has 0 amide bonds. The monoisotopic (exact) mass is 288 g/mol. The molecule has 17 heavy (non-hydrogen) atoms. The van der Waals surface area contributed by atoms with Gasteiger partial charge in [-0.1, -0.05) is 33.8 Å². The highest BCUT2D eigenvalue weighted by Crippen LogP contribution is 2.26. The summed E-state index contributed by atoms with van der Waals surface area (Å²) in [6.45, 7) is 0. The van der Waals surface area contributed by atoms with Gasteiger partial charge >= 0.3 is 0 Å². The number of nitrogens with two attached hydrogens (primary N) is 1. The number of aromatic nitrogens is 2. The summed E-state index contributed by atoms with van der Waals surface area (Å²) in [5, 5.41) is 5.04. The summed E-state index contributed by atoms with van der Waals surface area (Å²) in [6, 6.07) is 5.37. The maximum absolute atomic E-state index is 6.11. The molecular weight excluding hydrogens is 279 g/mol. The first-order chi connectivity index (χ1) is 8.20. The van der Waals surface area contributed by atoms with Crippen molar-refractivity contribution >= 4 is 34.7 Å². The second-order valence-electron chi connectivity index (χ2n) is 3.48. The summed E-state index contributed by atoms with van der Waals surface area (Å²) >= 11 is 13.3. The van der Waals surface area contributed by atoms with E-state index < -0.39 is 0 Å². The van der Waals surface area contributed by atoms with E-state index in [9.17, 15) is 0 Å². The summed E-state index contributed by atoms with van der Waals surface area (Å²) in [6.07, 6.45) is 2.36. The average Bonchev–Trinajstić information content (AvgIpc) is 2.81. The van der Waals surface area contributed by atoms with Crippen molar-refractivity contribution in [1.29, 1.82) is 0 Å². The van der Waals surface area contributed by atoms with Crippen LogP contribution in [0.25, 0.3) is 0 Å². The van der Waals surface area contributed by atoms with Crippen LogP contribution >= 0.6 is 34.7 Å². The molecule has 0 saturated carbocycles. The summed E-state index contributed by atoms with van der Waals surface area (Å²) in [5.41, 5.74) is 3.71. The highest BCUT2D eigenvalue weighted by Gasteiger charge is 2.14. The third-order valence-corrected chi connectivity index (χ3v) is 3.73. The smallest absolute Gasteiger partial charge is 0.0670 e. The van der Waals surface area contributed by atoms with Crippen molar-refractivity contribution < 1.29 is 0 Å². The van der Waals surface area contributed by atoms with Crippen LogP contribution in [0.3, 0.4) is 0 Å². The molecule has 1 heterocycles. The fourth-order valence-corrected chi connectivity index (χ4v) is 2.52. The highest BCUT2D eigenvalue weighted by atomic mass is 35.5. The van der Waals surface area contributed by atoms with E-state index >= 15 is 0 Å². The Morgan fingerprint density at radius 3 is 2.82 bits per heavy atom. The van der Waals surface area contributed by atoms with Gasteiger partial charge in [-0.3, -0.25) is 11.3 Å². The Morgan fingerprint density at radius 2 is 2.24 bits per heavy atom. The van der Waals surface area contributed by atoms with Crippen molar-refractivity contribution in [1.82, 2.24) is 15.0 Å². The molecule has 1 atom stereocenters. The van der Waals surface area contributed by atoms with Crippen LogP contribution in [0, 0.1) is 0 Å². The maximum Gasteiger partial charge on any atom is 0.0670 e. The number of nitrogens with one attached hydrogen (secondary N) is 1. The van der Waals surface area contributed by atoms with E-state index in [-0.39, 0.29) is 6.04 Å². The SMILES string of the molecule is NNC(Cc1ccc(Cl)cc1Cl)c1cnns1. The molecule has 1 aromatic carbocycles. The number of nitrogens with zero attached hydrogens (tertiary/aromatic N) is 2. The van der Waals surface area contributed by atoms with Crippen LogP contribution in [0.2, 0.25) is 10.0 Å². The van der Waals surface area contributed by atoms with Gasteiger partial charge in [0.1, 0.15) is 0 Å². The third-order valence-electron chi connectivity index (χ3n) is 2.36. The number of rotatable bonds is 4. The highest BCUT2D eigenvalue weighted by molar-refractivity contribution is 7.05. The first kappa shape index (κ1) is 12.7. The Hall–Kier alpha value is -0.720. The molecule has 0 aliphatic rings. The van der Waals surface area contributed by atoms with Crippen LogP contribution in [-0.2, 0) is 6.42 Å². The molecule has 0 fully saturated rings. The predicted octanol–water partition coefficient (Wildman–Crippen LogP) is 2.59. The lowest BCUT2D eigenvalue weighted by molar-refractivity contribution is 0.560. The van der Waals surface area contributed by atoms with Crippen molar-refractivity contribution in [3.63, 3.8) is 0 Å². The van der Waals surface area contributed by atoms with E-state index in [0.717, 1.165) is 10.4 Å². The van der Waals surface area contributed by atoms with E-state index in [4.69, 9.17) is 29.0 Å². The lowest BCUT2D eigenvalue weighted by Gasteiger charge is -2.14. The molecule has 0 radical (unpaired) electrons. The molecule has 0 spiro atoms. The van der Waals surface area contributed by atoms with Gasteiger partial charge in [0.15, 0.2) is 0 Å². The molecule has 0 bridgehead atoms. The molecule has 0 aliphatic carbocycles. The first-order valence-corrected chi connectivity index (χ1v) is 6.41. The van der Waals surface area contributed by atoms with Crippen LogP contribution < -0.4 is 11.3 Å². The van der Waals surface area contributed by atoms with Crippen molar-refractivity contribution in [2.45, 2.75) is 12.5 Å². The zero-order valence-electron chi connectivity index (χ0n) is 8.73. The van der Waals surface area contributed by atoms with Gasteiger partial charge in [0.05, 0.1) is 17.1 Å². The number of hydrazine groups is 1. The predicted molar refractivity (Wildman–Crippen MR) is 70.1 cm³/mol. The van der Waals surface area contributed by atoms with E-state index in [1.54, 1.807) is 18.3 Å². The van der Waals surface area contributed by atoms with Crippen molar-refractivity contribution in [2.24, 2.45) is 5.84 Å². The van der Waals surface area contributed by atoms with Crippen LogP contribution in [0.5, 0.6) is 0 Å². The average molecular weight is 289 g/mol. The van der Waals surface area contributed by atoms with Crippen LogP contribution in [0.4, 0.5) is 0 Å². The summed E-state index contributed by atoms with van der Waals surface area (Å²) in [7, 11) is 0. The van der Waals surface area contributed by atoms with Gasteiger partial charge in [-0.25, -0.2) is 0 Å². The fourth-order valence-electron chi connectivity index (χ4n) is 1.48. The van der Waals surface area contributed by atoms with E-state index in [2.05, 4.69) is 15.0 Å². The molecule has 1 aromatic heterocycles. The number of halogens is 2. The molecule has 0 aliphatic heterocycles. The van der Waals surface area contributed by atoms with Gasteiger partial charge in [-0.2, -0.15) is 0 Å². The molecule has 4 nitrogen and oxygen atoms in total. The summed E-state index contributed by atoms with van der Waals surface area (Å²) in [5.74, 6) is 5.52. The summed E-state index contributed by atoms with van der Waals surface area (Å²) < 4.78 is 3.81. The Kier molecular flexibility index (Phi) is 4.31. The molecule has 0 saturated heterocycles. The Labute approximate surface area is 113 Å². The van der Waals surface area contributed by atoms with Crippen molar-refractivity contribution in [3.05, 3.63) is 44.9 Å². The molecule has 2 aromatic rings. The lowest BCUT2D eigenvalue weighted by Crippen LogP contribution is -2.29. The number of benzene rings is 1. The van der Waals surface area contributed by atoms with Crippen LogP contribution in [0.1, 0.15) is 16.5 Å². The second-order valence-corrected chi connectivity index (χ2v) is 5.14. The van der Waals surface area contributed by atoms with E-state index in [1.807, 2.05) is 6.07 Å². The molecule has 7 heteroatoms. The van der Waals surface area contributed by atoms with Gasteiger partial charge in [-0.15, -0.1) is 5.10 Å². The standard InChI is InChI=1S/C10H10Cl2N4S/c11-7-2-1-6(8(12)4-7)3-9(15-13)10-5-14-16-17-10/h1-2,4-5,9,15H,3,13H2. The molecule has 3 N–H and O–H groups in total. The molecule has 2 rings (SSSR count). The maximum atomic E-state index is 6.11. The zero-order valence-corrected chi connectivity index (χ0v) is 11.1. The quantitative estimate of drug-likeness (QED) is 0.671. The molecular formula is C10H10Cl2N4S. The van der Waals surface area contributed by atoms with Gasteiger partial charge in [-0.05, 0) is 35.6 Å². The number of hydrogen-bond acceptors (Lipinski definition) is 5. The lowest BCUT2D eigenvalue weighted by atomic mass is 10.1. The minimum absolute atomic E-state index is 0.0475. The van der Waals surface area contributed by atoms with Gasteiger partial charge in [0, 0.05) is 10.0 Å². The molecule has 1 unspecified atom stereocenters. The van der Waals surface area contributed by atoms with Gasteiger partial charge in [0.25, 0.3) is 0 Å². The third kappa shape index (κ3) is 3.14.